The molecule has 26 heavy (non-hydrogen) atoms. The van der Waals surface area contributed by atoms with Crippen molar-refractivity contribution in [1.29, 1.82) is 0 Å². The third-order valence-corrected chi connectivity index (χ3v) is 4.41. The van der Waals surface area contributed by atoms with Crippen molar-refractivity contribution in [2.45, 2.75) is 39.7 Å². The topological polar surface area (TPSA) is 59.0 Å². The zero-order valence-electron chi connectivity index (χ0n) is 16.2. The van der Waals surface area contributed by atoms with Crippen molar-refractivity contribution in [3.05, 3.63) is 23.9 Å². The maximum absolute atomic E-state index is 5.46. The molecule has 6 nitrogen and oxygen atoms in total. The standard InChI is InChI=1S/C19H32N4O2.HI/c1-4-20-19(23(3)11-7-16-8-12-24-13-9-16)22-15-17-6-10-21-18(14-17)25-5-2;/h6,10,14,16H,4-5,7-9,11-13,15H2,1-3H3,(H,20,22);1H. The number of aliphatic imine (C=N–C) groups is 1. The summed E-state index contributed by atoms with van der Waals surface area (Å²) in [4.78, 5) is 11.2. The molecule has 0 amide bonds. The summed E-state index contributed by atoms with van der Waals surface area (Å²) in [7, 11) is 2.11. The molecule has 0 bridgehead atoms. The van der Waals surface area contributed by atoms with Gasteiger partial charge in [-0.05, 0) is 50.7 Å². The highest BCUT2D eigenvalue weighted by atomic mass is 127. The van der Waals surface area contributed by atoms with E-state index < -0.39 is 0 Å². The van der Waals surface area contributed by atoms with Gasteiger partial charge in [0.25, 0.3) is 0 Å². The van der Waals surface area contributed by atoms with Crippen molar-refractivity contribution in [3.8, 4) is 5.88 Å². The summed E-state index contributed by atoms with van der Waals surface area (Å²) in [6.45, 7) is 8.99. The molecule has 7 heteroatoms. The lowest BCUT2D eigenvalue weighted by atomic mass is 9.96. The summed E-state index contributed by atoms with van der Waals surface area (Å²) in [5, 5.41) is 3.38. The quantitative estimate of drug-likeness (QED) is 0.355. The Labute approximate surface area is 174 Å². The lowest BCUT2D eigenvalue weighted by molar-refractivity contribution is 0.0625. The van der Waals surface area contributed by atoms with Crippen LogP contribution in [0.1, 0.15) is 38.7 Å². The second-order valence-corrected chi connectivity index (χ2v) is 6.37. The summed E-state index contributed by atoms with van der Waals surface area (Å²) >= 11 is 0. The van der Waals surface area contributed by atoms with Gasteiger partial charge in [0.2, 0.25) is 5.88 Å². The normalized spacial score (nSPS) is 15.3. The van der Waals surface area contributed by atoms with Gasteiger partial charge in [-0.1, -0.05) is 0 Å². The Hall–Kier alpha value is -1.09. The van der Waals surface area contributed by atoms with E-state index in [0.29, 0.717) is 19.0 Å². The average Bonchev–Trinajstić information content (AvgIpc) is 2.64. The van der Waals surface area contributed by atoms with E-state index in [-0.39, 0.29) is 24.0 Å². The number of hydrogen-bond acceptors (Lipinski definition) is 4. The van der Waals surface area contributed by atoms with E-state index in [9.17, 15) is 0 Å². The van der Waals surface area contributed by atoms with Gasteiger partial charge >= 0.3 is 0 Å². The Kier molecular flexibility index (Phi) is 11.6. The van der Waals surface area contributed by atoms with Crippen LogP contribution in [0.5, 0.6) is 5.88 Å². The Balaban J connectivity index is 0.00000338. The Morgan fingerprint density at radius 3 is 2.85 bits per heavy atom. The second-order valence-electron chi connectivity index (χ2n) is 6.37. The number of nitrogens with one attached hydrogen (secondary N) is 1. The molecular weight excluding hydrogens is 443 g/mol. The Bertz CT molecular complexity index is 536. The molecule has 0 spiro atoms. The molecule has 0 atom stereocenters. The fourth-order valence-corrected chi connectivity index (χ4v) is 2.93. The van der Waals surface area contributed by atoms with Crippen LogP contribution in [-0.4, -0.2) is 55.8 Å². The molecule has 2 rings (SSSR count). The van der Waals surface area contributed by atoms with E-state index >= 15 is 0 Å². The third kappa shape index (κ3) is 8.07. The van der Waals surface area contributed by atoms with Gasteiger partial charge in [0.15, 0.2) is 5.96 Å². The molecule has 0 radical (unpaired) electrons. The highest BCUT2D eigenvalue weighted by Crippen LogP contribution is 2.18. The molecule has 148 valence electrons. The first-order chi connectivity index (χ1) is 12.2. The van der Waals surface area contributed by atoms with Gasteiger partial charge in [0.05, 0.1) is 13.2 Å². The number of guanidine groups is 1. The monoisotopic (exact) mass is 476 g/mol. The van der Waals surface area contributed by atoms with Gasteiger partial charge in [-0.2, -0.15) is 0 Å². The zero-order valence-corrected chi connectivity index (χ0v) is 18.6. The van der Waals surface area contributed by atoms with Crippen molar-refractivity contribution in [1.82, 2.24) is 15.2 Å². The molecule has 1 N–H and O–H groups in total. The second kappa shape index (κ2) is 13.1. The molecule has 0 aromatic carbocycles. The molecular formula is C19H33IN4O2. The highest BCUT2D eigenvalue weighted by Gasteiger charge is 2.15. The summed E-state index contributed by atoms with van der Waals surface area (Å²) in [6, 6.07) is 3.94. The highest BCUT2D eigenvalue weighted by molar-refractivity contribution is 14.0. The van der Waals surface area contributed by atoms with Crippen LogP contribution in [-0.2, 0) is 11.3 Å². The maximum Gasteiger partial charge on any atom is 0.213 e. The lowest BCUT2D eigenvalue weighted by Gasteiger charge is -2.26. The molecule has 1 aliphatic rings. The van der Waals surface area contributed by atoms with Crippen molar-refractivity contribution in [3.63, 3.8) is 0 Å². The minimum Gasteiger partial charge on any atom is -0.478 e. The van der Waals surface area contributed by atoms with Gasteiger partial charge < -0.3 is 19.7 Å². The number of nitrogens with zero attached hydrogens (tertiary/aromatic N) is 3. The number of hydrogen-bond donors (Lipinski definition) is 1. The molecule has 1 aliphatic heterocycles. The van der Waals surface area contributed by atoms with Gasteiger partial charge in [0, 0.05) is 45.6 Å². The first-order valence-corrected chi connectivity index (χ1v) is 9.37. The van der Waals surface area contributed by atoms with Gasteiger partial charge in [0.1, 0.15) is 0 Å². The SMILES string of the molecule is CCNC(=NCc1ccnc(OCC)c1)N(C)CCC1CCOCC1.I. The van der Waals surface area contributed by atoms with Crippen LogP contribution >= 0.6 is 24.0 Å². The number of pyridine rings is 1. The van der Waals surface area contributed by atoms with E-state index in [4.69, 9.17) is 14.5 Å². The van der Waals surface area contributed by atoms with Gasteiger partial charge in [-0.3, -0.25) is 0 Å². The molecule has 1 fully saturated rings. The molecule has 0 aliphatic carbocycles. The van der Waals surface area contributed by atoms with Crippen molar-refractivity contribution in [2.75, 3.05) is 40.0 Å². The van der Waals surface area contributed by atoms with E-state index in [2.05, 4.69) is 29.2 Å². The molecule has 1 aromatic heterocycles. The zero-order chi connectivity index (χ0) is 17.9. The number of ether oxygens (including phenoxy) is 2. The summed E-state index contributed by atoms with van der Waals surface area (Å²) in [5.41, 5.74) is 1.10. The largest absolute Gasteiger partial charge is 0.478 e. The fourth-order valence-electron chi connectivity index (χ4n) is 2.93. The van der Waals surface area contributed by atoms with Crippen LogP contribution in [0.2, 0.25) is 0 Å². The maximum atomic E-state index is 5.46. The summed E-state index contributed by atoms with van der Waals surface area (Å²) < 4.78 is 10.9. The van der Waals surface area contributed by atoms with Gasteiger partial charge in [-0.15, -0.1) is 24.0 Å². The first-order valence-electron chi connectivity index (χ1n) is 9.37. The first kappa shape index (κ1) is 23.0. The van der Waals surface area contributed by atoms with Crippen molar-refractivity contribution in [2.24, 2.45) is 10.9 Å². The van der Waals surface area contributed by atoms with Gasteiger partial charge in [-0.25, -0.2) is 9.98 Å². The number of rotatable bonds is 8. The molecule has 0 unspecified atom stereocenters. The fraction of sp³-hybridized carbons (Fsp3) is 0.684. The van der Waals surface area contributed by atoms with Crippen LogP contribution in [0.3, 0.4) is 0 Å². The molecule has 1 saturated heterocycles. The average molecular weight is 476 g/mol. The number of aromatic nitrogens is 1. The lowest BCUT2D eigenvalue weighted by Crippen LogP contribution is -2.40. The van der Waals surface area contributed by atoms with E-state index in [1.165, 1.54) is 19.3 Å². The van der Waals surface area contributed by atoms with Crippen LogP contribution in [0.15, 0.2) is 23.3 Å². The van der Waals surface area contributed by atoms with E-state index in [0.717, 1.165) is 43.7 Å². The Morgan fingerprint density at radius 1 is 1.38 bits per heavy atom. The smallest absolute Gasteiger partial charge is 0.213 e. The number of halogens is 1. The van der Waals surface area contributed by atoms with Crippen molar-refractivity contribution >= 4 is 29.9 Å². The van der Waals surface area contributed by atoms with Crippen LogP contribution < -0.4 is 10.1 Å². The molecule has 1 aromatic rings. The van der Waals surface area contributed by atoms with Crippen LogP contribution in [0, 0.1) is 5.92 Å². The van der Waals surface area contributed by atoms with E-state index in [1.807, 2.05) is 19.1 Å². The van der Waals surface area contributed by atoms with Crippen LogP contribution in [0.25, 0.3) is 0 Å². The minimum atomic E-state index is 0. The molecule has 0 saturated carbocycles. The molecule has 2 heterocycles. The summed E-state index contributed by atoms with van der Waals surface area (Å²) in [6.07, 6.45) is 5.32. The third-order valence-electron chi connectivity index (χ3n) is 4.41. The predicted molar refractivity (Wildman–Crippen MR) is 116 cm³/mol. The predicted octanol–water partition coefficient (Wildman–Crippen LogP) is 3.31. The van der Waals surface area contributed by atoms with E-state index in [1.54, 1.807) is 6.20 Å². The van der Waals surface area contributed by atoms with Crippen molar-refractivity contribution < 1.29 is 9.47 Å². The summed E-state index contributed by atoms with van der Waals surface area (Å²) in [5.74, 6) is 2.38. The Morgan fingerprint density at radius 2 is 2.15 bits per heavy atom. The van der Waals surface area contributed by atoms with Crippen LogP contribution in [0.4, 0.5) is 0 Å². The minimum absolute atomic E-state index is 0.